The minimum Gasteiger partial charge on any atom is -0.299 e. The zero-order chi connectivity index (χ0) is 13.1. The molecule has 1 saturated heterocycles. The highest BCUT2D eigenvalue weighted by molar-refractivity contribution is 8.18. The van der Waals surface area contributed by atoms with Crippen LogP contribution in [0.5, 0.6) is 0 Å². The Morgan fingerprint density at radius 2 is 1.74 bits per heavy atom. The quantitative estimate of drug-likeness (QED) is 0.800. The molecule has 1 aliphatic carbocycles. The molecular weight excluding hydrogens is 272 g/mol. The Morgan fingerprint density at radius 3 is 2.42 bits per heavy atom. The Labute approximate surface area is 123 Å². The first kappa shape index (κ1) is 13.6. The van der Waals surface area contributed by atoms with Gasteiger partial charge in [0.25, 0.3) is 0 Å². The van der Waals surface area contributed by atoms with Crippen LogP contribution in [0, 0.1) is 5.92 Å². The van der Waals surface area contributed by atoms with E-state index in [9.17, 15) is 4.79 Å². The van der Waals surface area contributed by atoms with E-state index in [0.29, 0.717) is 5.78 Å². The molecule has 1 aliphatic heterocycles. The summed E-state index contributed by atoms with van der Waals surface area (Å²) in [6, 6.07) is 10.7. The fraction of sp³-hybridized carbons (Fsp3) is 0.562. The van der Waals surface area contributed by atoms with Crippen molar-refractivity contribution in [3.8, 4) is 0 Å². The second-order valence-corrected chi connectivity index (χ2v) is 8.29. The monoisotopic (exact) mass is 292 g/mol. The molecule has 3 rings (SSSR count). The SMILES string of the molecule is O=C1CCCCC1C1(c2ccccc2)SCCCS1. The van der Waals surface area contributed by atoms with Crippen LogP contribution in [0.15, 0.2) is 30.3 Å². The van der Waals surface area contributed by atoms with Crippen molar-refractivity contribution in [2.45, 2.75) is 36.2 Å². The van der Waals surface area contributed by atoms with Gasteiger partial charge in [-0.3, -0.25) is 4.79 Å². The van der Waals surface area contributed by atoms with Gasteiger partial charge in [-0.15, -0.1) is 23.5 Å². The zero-order valence-electron chi connectivity index (χ0n) is 11.1. The Kier molecular flexibility index (Phi) is 4.23. The molecule has 19 heavy (non-hydrogen) atoms. The van der Waals surface area contributed by atoms with Gasteiger partial charge < -0.3 is 0 Å². The first-order valence-corrected chi connectivity index (χ1v) is 9.16. The van der Waals surface area contributed by atoms with Crippen molar-refractivity contribution in [1.82, 2.24) is 0 Å². The fourth-order valence-corrected chi connectivity index (χ4v) is 6.88. The van der Waals surface area contributed by atoms with Crippen LogP contribution in [0.4, 0.5) is 0 Å². The molecule has 0 amide bonds. The lowest BCUT2D eigenvalue weighted by Gasteiger charge is -2.43. The molecule has 2 fully saturated rings. The molecule has 1 saturated carbocycles. The molecule has 0 aromatic heterocycles. The molecule has 1 nitrogen and oxygen atoms in total. The maximum atomic E-state index is 12.4. The summed E-state index contributed by atoms with van der Waals surface area (Å²) >= 11 is 4.03. The molecule has 1 unspecified atom stereocenters. The summed E-state index contributed by atoms with van der Waals surface area (Å²) in [6.45, 7) is 0. The van der Waals surface area contributed by atoms with Crippen molar-refractivity contribution in [3.63, 3.8) is 0 Å². The van der Waals surface area contributed by atoms with E-state index in [1.54, 1.807) is 0 Å². The second kappa shape index (κ2) is 5.92. The average Bonchev–Trinajstić information content (AvgIpc) is 2.49. The van der Waals surface area contributed by atoms with Crippen LogP contribution >= 0.6 is 23.5 Å². The molecule has 0 spiro atoms. The fourth-order valence-electron chi connectivity index (χ4n) is 3.17. The number of thioether (sulfide) groups is 2. The summed E-state index contributed by atoms with van der Waals surface area (Å²) < 4.78 is -0.00296. The highest BCUT2D eigenvalue weighted by Crippen LogP contribution is 2.57. The van der Waals surface area contributed by atoms with Gasteiger partial charge in [0.15, 0.2) is 0 Å². The molecular formula is C16H20OS2. The van der Waals surface area contributed by atoms with Crippen molar-refractivity contribution in [1.29, 1.82) is 0 Å². The van der Waals surface area contributed by atoms with Crippen LogP contribution in [-0.4, -0.2) is 17.3 Å². The number of ketones is 1. The van der Waals surface area contributed by atoms with Crippen LogP contribution in [0.1, 0.15) is 37.7 Å². The number of hydrogen-bond acceptors (Lipinski definition) is 3. The number of benzene rings is 1. The van der Waals surface area contributed by atoms with Crippen molar-refractivity contribution < 1.29 is 4.79 Å². The predicted molar refractivity (Wildman–Crippen MR) is 84.6 cm³/mol. The van der Waals surface area contributed by atoms with E-state index >= 15 is 0 Å². The highest BCUT2D eigenvalue weighted by Gasteiger charge is 2.46. The Bertz CT molecular complexity index is 437. The summed E-state index contributed by atoms with van der Waals surface area (Å²) in [4.78, 5) is 12.4. The summed E-state index contributed by atoms with van der Waals surface area (Å²) in [5.41, 5.74) is 1.35. The van der Waals surface area contributed by atoms with E-state index in [4.69, 9.17) is 0 Å². The largest absolute Gasteiger partial charge is 0.299 e. The third-order valence-electron chi connectivity index (χ3n) is 4.11. The lowest BCUT2D eigenvalue weighted by Crippen LogP contribution is -2.38. The van der Waals surface area contributed by atoms with Crippen LogP contribution in [0.25, 0.3) is 0 Å². The number of Topliss-reactive ketones (excluding diaryl/α,β-unsaturated/α-hetero) is 1. The summed E-state index contributed by atoms with van der Waals surface area (Å²) in [6.07, 6.45) is 5.45. The Morgan fingerprint density at radius 1 is 1.00 bits per heavy atom. The normalized spacial score (nSPS) is 27.2. The minimum atomic E-state index is -0.00296. The Hall–Kier alpha value is -0.410. The third-order valence-corrected chi connectivity index (χ3v) is 7.70. The lowest BCUT2D eigenvalue weighted by atomic mass is 9.83. The van der Waals surface area contributed by atoms with Crippen LogP contribution < -0.4 is 0 Å². The molecule has 102 valence electrons. The number of hydrogen-bond donors (Lipinski definition) is 0. The molecule has 3 heteroatoms. The maximum Gasteiger partial charge on any atom is 0.138 e. The molecule has 1 atom stereocenters. The van der Waals surface area contributed by atoms with Gasteiger partial charge in [-0.1, -0.05) is 36.8 Å². The van der Waals surface area contributed by atoms with Gasteiger partial charge in [0.2, 0.25) is 0 Å². The lowest BCUT2D eigenvalue weighted by molar-refractivity contribution is -0.124. The van der Waals surface area contributed by atoms with Crippen molar-refractivity contribution in [3.05, 3.63) is 35.9 Å². The van der Waals surface area contributed by atoms with Crippen molar-refractivity contribution >= 4 is 29.3 Å². The minimum absolute atomic E-state index is 0.00296. The number of carbonyl (C=O) groups is 1. The topological polar surface area (TPSA) is 17.1 Å². The van der Waals surface area contributed by atoms with Crippen LogP contribution in [-0.2, 0) is 8.87 Å². The molecule has 0 radical (unpaired) electrons. The van der Waals surface area contributed by atoms with E-state index in [2.05, 4.69) is 30.3 Å². The average molecular weight is 292 g/mol. The van der Waals surface area contributed by atoms with Crippen molar-refractivity contribution in [2.24, 2.45) is 5.92 Å². The second-order valence-electron chi connectivity index (χ2n) is 5.35. The van der Waals surface area contributed by atoms with Gasteiger partial charge in [0.05, 0.1) is 4.08 Å². The third kappa shape index (κ3) is 2.59. The van der Waals surface area contributed by atoms with E-state index in [1.165, 1.54) is 29.9 Å². The number of rotatable bonds is 2. The van der Waals surface area contributed by atoms with E-state index in [1.807, 2.05) is 23.5 Å². The molecule has 1 aromatic carbocycles. The van der Waals surface area contributed by atoms with Crippen molar-refractivity contribution in [2.75, 3.05) is 11.5 Å². The first-order valence-electron chi connectivity index (χ1n) is 7.19. The molecule has 1 heterocycles. The molecule has 2 aliphatic rings. The predicted octanol–water partition coefficient (Wildman–Crippen LogP) is 4.47. The summed E-state index contributed by atoms with van der Waals surface area (Å²) in [5, 5.41) is 0. The molecule has 0 N–H and O–H groups in total. The van der Waals surface area contributed by atoms with Gasteiger partial charge in [-0.2, -0.15) is 0 Å². The highest BCUT2D eigenvalue weighted by atomic mass is 32.2. The van der Waals surface area contributed by atoms with E-state index in [0.717, 1.165) is 19.3 Å². The molecule has 0 bridgehead atoms. The van der Waals surface area contributed by atoms with Gasteiger partial charge in [0.1, 0.15) is 5.78 Å². The summed E-state index contributed by atoms with van der Waals surface area (Å²) in [5.74, 6) is 3.09. The zero-order valence-corrected chi connectivity index (χ0v) is 12.8. The van der Waals surface area contributed by atoms with Gasteiger partial charge in [0, 0.05) is 12.3 Å². The van der Waals surface area contributed by atoms with Crippen LogP contribution in [0.3, 0.4) is 0 Å². The Balaban J connectivity index is 1.98. The van der Waals surface area contributed by atoms with E-state index in [-0.39, 0.29) is 10.00 Å². The standard InChI is InChI=1S/C16H20OS2/c17-15-10-5-4-9-14(15)16(18-11-6-12-19-16)13-7-2-1-3-8-13/h1-3,7-8,14H,4-6,9-12H2. The maximum absolute atomic E-state index is 12.4. The smallest absolute Gasteiger partial charge is 0.138 e. The number of carbonyl (C=O) groups excluding carboxylic acids is 1. The van der Waals surface area contributed by atoms with Gasteiger partial charge in [-0.05, 0) is 36.3 Å². The van der Waals surface area contributed by atoms with E-state index < -0.39 is 0 Å². The van der Waals surface area contributed by atoms with Crippen LogP contribution in [0.2, 0.25) is 0 Å². The molecule has 1 aromatic rings. The van der Waals surface area contributed by atoms with Gasteiger partial charge >= 0.3 is 0 Å². The van der Waals surface area contributed by atoms with Gasteiger partial charge in [-0.25, -0.2) is 0 Å². The first-order chi connectivity index (χ1) is 9.33. The summed E-state index contributed by atoms with van der Waals surface area (Å²) in [7, 11) is 0.